The Bertz CT molecular complexity index is 898. The Kier molecular flexibility index (Phi) is 3.12. The summed E-state index contributed by atoms with van der Waals surface area (Å²) in [5, 5.41) is 17.3. The van der Waals surface area contributed by atoms with Gasteiger partial charge in [0.1, 0.15) is 6.33 Å². The van der Waals surface area contributed by atoms with E-state index in [-0.39, 0.29) is 5.56 Å². The molecule has 0 amide bonds. The fourth-order valence-electron chi connectivity index (χ4n) is 2.90. The van der Waals surface area contributed by atoms with Crippen LogP contribution in [0.25, 0.3) is 16.7 Å². The molecule has 0 spiro atoms. The topological polar surface area (TPSA) is 86.9 Å². The summed E-state index contributed by atoms with van der Waals surface area (Å²) < 4.78 is 1.81. The van der Waals surface area contributed by atoms with Gasteiger partial charge in [0, 0.05) is 26.2 Å². The van der Waals surface area contributed by atoms with Gasteiger partial charge in [0.05, 0.1) is 16.6 Å². The van der Waals surface area contributed by atoms with Gasteiger partial charge in [0.15, 0.2) is 5.82 Å². The van der Waals surface area contributed by atoms with Gasteiger partial charge in [-0.3, -0.25) is 4.40 Å². The molecule has 8 heteroatoms. The first-order chi connectivity index (χ1) is 11.1. The molecule has 1 aromatic carbocycles. The van der Waals surface area contributed by atoms with Crippen LogP contribution >= 0.6 is 0 Å². The zero-order valence-electron chi connectivity index (χ0n) is 12.7. The van der Waals surface area contributed by atoms with Crippen molar-refractivity contribution in [2.24, 2.45) is 0 Å². The van der Waals surface area contributed by atoms with Gasteiger partial charge in [0.2, 0.25) is 5.65 Å². The highest BCUT2D eigenvalue weighted by atomic mass is 16.4. The third-order valence-electron chi connectivity index (χ3n) is 4.26. The molecule has 1 aliphatic heterocycles. The fourth-order valence-corrected chi connectivity index (χ4v) is 2.90. The van der Waals surface area contributed by atoms with Crippen LogP contribution in [0.3, 0.4) is 0 Å². The zero-order chi connectivity index (χ0) is 16.0. The molecule has 118 valence electrons. The second-order valence-corrected chi connectivity index (χ2v) is 5.76. The number of fused-ring (bicyclic) bond motifs is 3. The van der Waals surface area contributed by atoms with Gasteiger partial charge in [-0.2, -0.15) is 0 Å². The quantitative estimate of drug-likeness (QED) is 0.746. The van der Waals surface area contributed by atoms with E-state index in [0.29, 0.717) is 11.2 Å². The van der Waals surface area contributed by atoms with Crippen molar-refractivity contribution in [1.29, 1.82) is 0 Å². The maximum atomic E-state index is 11.2. The molecule has 0 saturated carbocycles. The number of aromatic carboxylic acids is 1. The molecule has 8 nitrogen and oxygen atoms in total. The molecule has 1 N–H and O–H groups in total. The number of benzene rings is 1. The van der Waals surface area contributed by atoms with Gasteiger partial charge in [-0.15, -0.1) is 10.2 Å². The lowest BCUT2D eigenvalue weighted by Crippen LogP contribution is -2.45. The van der Waals surface area contributed by atoms with Crippen molar-refractivity contribution in [3.05, 3.63) is 30.1 Å². The van der Waals surface area contributed by atoms with Gasteiger partial charge in [-0.05, 0) is 25.2 Å². The third kappa shape index (κ3) is 2.27. The molecular weight excluding hydrogens is 296 g/mol. The first-order valence-corrected chi connectivity index (χ1v) is 7.44. The standard InChI is InChI=1S/C15H16N6O2/c1-19-4-6-20(7-5-19)13-14-18-16-9-21(14)12-8-10(15(22)23)2-3-11(12)17-13/h2-3,8-9H,4-7H2,1H3,(H,22,23). The average Bonchev–Trinajstić information content (AvgIpc) is 3.04. The van der Waals surface area contributed by atoms with Crippen molar-refractivity contribution in [3.8, 4) is 0 Å². The van der Waals surface area contributed by atoms with Gasteiger partial charge in [-0.1, -0.05) is 0 Å². The summed E-state index contributed by atoms with van der Waals surface area (Å²) in [7, 11) is 2.10. The third-order valence-corrected chi connectivity index (χ3v) is 4.26. The number of rotatable bonds is 2. The monoisotopic (exact) mass is 312 g/mol. The average molecular weight is 312 g/mol. The summed E-state index contributed by atoms with van der Waals surface area (Å²) in [6.45, 7) is 3.70. The molecule has 3 heterocycles. The number of anilines is 1. The van der Waals surface area contributed by atoms with Gasteiger partial charge >= 0.3 is 5.97 Å². The number of piperazine rings is 1. The number of nitrogens with zero attached hydrogens (tertiary/aromatic N) is 6. The molecule has 0 bridgehead atoms. The molecular formula is C15H16N6O2. The Hall–Kier alpha value is -2.74. The van der Waals surface area contributed by atoms with Crippen molar-refractivity contribution in [1.82, 2.24) is 24.5 Å². The summed E-state index contributed by atoms with van der Waals surface area (Å²) in [5.41, 5.74) is 2.31. The van der Waals surface area contributed by atoms with Crippen LogP contribution in [0.15, 0.2) is 24.5 Å². The minimum Gasteiger partial charge on any atom is -0.478 e. The highest BCUT2D eigenvalue weighted by Gasteiger charge is 2.20. The predicted molar refractivity (Wildman–Crippen MR) is 85.0 cm³/mol. The molecule has 1 aliphatic rings. The largest absolute Gasteiger partial charge is 0.478 e. The minimum atomic E-state index is -0.962. The minimum absolute atomic E-state index is 0.224. The first-order valence-electron chi connectivity index (χ1n) is 7.44. The van der Waals surface area contributed by atoms with E-state index in [1.807, 2.05) is 4.40 Å². The first kappa shape index (κ1) is 13.9. The van der Waals surface area contributed by atoms with Crippen LogP contribution < -0.4 is 4.90 Å². The maximum Gasteiger partial charge on any atom is 0.335 e. The highest BCUT2D eigenvalue weighted by Crippen LogP contribution is 2.24. The van der Waals surface area contributed by atoms with Crippen molar-refractivity contribution in [2.75, 3.05) is 38.1 Å². The van der Waals surface area contributed by atoms with Crippen molar-refractivity contribution in [3.63, 3.8) is 0 Å². The summed E-state index contributed by atoms with van der Waals surface area (Å²) in [5.74, 6) is -0.164. The zero-order valence-corrected chi connectivity index (χ0v) is 12.7. The highest BCUT2D eigenvalue weighted by molar-refractivity contribution is 5.93. The smallest absolute Gasteiger partial charge is 0.335 e. The molecule has 2 aromatic heterocycles. The number of carboxylic acids is 1. The fraction of sp³-hybridized carbons (Fsp3) is 0.333. The molecule has 0 aliphatic carbocycles. The van der Waals surface area contributed by atoms with Crippen LogP contribution in [0.2, 0.25) is 0 Å². The predicted octanol–water partition coefficient (Wildman–Crippen LogP) is 0.727. The normalized spacial score (nSPS) is 16.3. The van der Waals surface area contributed by atoms with E-state index in [4.69, 9.17) is 4.98 Å². The summed E-state index contributed by atoms with van der Waals surface area (Å²) >= 11 is 0. The van der Waals surface area contributed by atoms with E-state index in [1.165, 1.54) is 0 Å². The molecule has 1 saturated heterocycles. The van der Waals surface area contributed by atoms with E-state index >= 15 is 0 Å². The van der Waals surface area contributed by atoms with Crippen LogP contribution in [0.5, 0.6) is 0 Å². The Morgan fingerprint density at radius 3 is 2.74 bits per heavy atom. The van der Waals surface area contributed by atoms with E-state index in [9.17, 15) is 9.90 Å². The Balaban J connectivity index is 1.90. The molecule has 0 atom stereocenters. The Morgan fingerprint density at radius 2 is 2.00 bits per heavy atom. The van der Waals surface area contributed by atoms with Gasteiger partial charge in [0.25, 0.3) is 0 Å². The molecule has 23 heavy (non-hydrogen) atoms. The number of likely N-dealkylation sites (N-methyl/N-ethyl adjacent to an activating group) is 1. The van der Waals surface area contributed by atoms with E-state index in [0.717, 1.165) is 37.5 Å². The van der Waals surface area contributed by atoms with Crippen LogP contribution in [0.4, 0.5) is 5.82 Å². The lowest BCUT2D eigenvalue weighted by Gasteiger charge is -2.33. The Labute approximate surface area is 132 Å². The van der Waals surface area contributed by atoms with Crippen molar-refractivity contribution in [2.45, 2.75) is 0 Å². The van der Waals surface area contributed by atoms with E-state index < -0.39 is 5.97 Å². The SMILES string of the molecule is CN1CCN(c2nc3ccc(C(=O)O)cc3n3cnnc23)CC1. The molecule has 3 aromatic rings. The summed E-state index contributed by atoms with van der Waals surface area (Å²) in [6, 6.07) is 4.91. The lowest BCUT2D eigenvalue weighted by molar-refractivity contribution is 0.0697. The summed E-state index contributed by atoms with van der Waals surface area (Å²) in [6.07, 6.45) is 1.60. The number of carbonyl (C=O) groups is 1. The second kappa shape index (κ2) is 5.17. The second-order valence-electron chi connectivity index (χ2n) is 5.76. The number of hydrogen-bond donors (Lipinski definition) is 1. The number of hydrogen-bond acceptors (Lipinski definition) is 6. The van der Waals surface area contributed by atoms with Crippen molar-refractivity contribution >= 4 is 28.5 Å². The lowest BCUT2D eigenvalue weighted by atomic mass is 10.2. The van der Waals surface area contributed by atoms with Crippen LogP contribution in [0, 0.1) is 0 Å². The van der Waals surface area contributed by atoms with E-state index in [1.54, 1.807) is 24.5 Å². The molecule has 0 unspecified atom stereocenters. The molecule has 4 rings (SSSR count). The van der Waals surface area contributed by atoms with Gasteiger partial charge < -0.3 is 14.9 Å². The van der Waals surface area contributed by atoms with Crippen molar-refractivity contribution < 1.29 is 9.90 Å². The van der Waals surface area contributed by atoms with Crippen LogP contribution in [-0.2, 0) is 0 Å². The van der Waals surface area contributed by atoms with E-state index in [2.05, 4.69) is 27.0 Å². The van der Waals surface area contributed by atoms with Gasteiger partial charge in [-0.25, -0.2) is 9.78 Å². The van der Waals surface area contributed by atoms with Crippen LogP contribution in [-0.4, -0.2) is 68.8 Å². The van der Waals surface area contributed by atoms with Crippen LogP contribution in [0.1, 0.15) is 10.4 Å². The number of aromatic nitrogens is 4. The molecule has 1 fully saturated rings. The number of carboxylic acid groups (broad SMARTS) is 1. The maximum absolute atomic E-state index is 11.2. The Morgan fingerprint density at radius 1 is 1.22 bits per heavy atom. The molecule has 0 radical (unpaired) electrons. The summed E-state index contributed by atoms with van der Waals surface area (Å²) in [4.78, 5) is 20.4.